The van der Waals surface area contributed by atoms with Crippen molar-refractivity contribution in [3.63, 3.8) is 0 Å². The summed E-state index contributed by atoms with van der Waals surface area (Å²) in [5.74, 6) is 1.10. The number of likely N-dealkylation sites (N-methyl/N-ethyl adjacent to an activating group) is 1. The fourth-order valence-corrected chi connectivity index (χ4v) is 2.96. The minimum absolute atomic E-state index is 0.571. The Labute approximate surface area is 116 Å². The Morgan fingerprint density at radius 1 is 1.37 bits per heavy atom. The van der Waals surface area contributed by atoms with E-state index in [0.29, 0.717) is 12.6 Å². The fourth-order valence-electron chi connectivity index (χ4n) is 2.96. The zero-order valence-corrected chi connectivity index (χ0v) is 12.4. The van der Waals surface area contributed by atoms with Gasteiger partial charge in [0, 0.05) is 31.4 Å². The molecule has 0 bridgehead atoms. The molecule has 0 saturated carbocycles. The number of anilines is 1. The van der Waals surface area contributed by atoms with E-state index >= 15 is 0 Å². The molecule has 0 radical (unpaired) electrons. The van der Waals surface area contributed by atoms with Gasteiger partial charge in [0.1, 0.15) is 5.82 Å². The molecule has 1 aromatic heterocycles. The molecule has 0 aliphatic carbocycles. The minimum atomic E-state index is 0.571. The summed E-state index contributed by atoms with van der Waals surface area (Å²) in [4.78, 5) is 9.64. The summed E-state index contributed by atoms with van der Waals surface area (Å²) < 4.78 is 0. The van der Waals surface area contributed by atoms with Crippen LogP contribution in [-0.2, 0) is 6.54 Å². The molecule has 1 aromatic rings. The van der Waals surface area contributed by atoms with Crippen LogP contribution in [0.4, 0.5) is 5.82 Å². The molecule has 4 heteroatoms. The van der Waals surface area contributed by atoms with Gasteiger partial charge in [-0.3, -0.25) is 4.90 Å². The van der Waals surface area contributed by atoms with Gasteiger partial charge in [0.15, 0.2) is 0 Å². The minimum Gasteiger partial charge on any atom is -0.355 e. The zero-order chi connectivity index (χ0) is 13.8. The summed E-state index contributed by atoms with van der Waals surface area (Å²) in [6.45, 7) is 11.6. The standard InChI is InChI=1S/C15H26N4/c1-4-18(5-2)14-8-9-19(11-14)15-7-6-13(10-16)12(3)17-15/h6-7,14H,4-5,8-11,16H2,1-3H3. The first-order valence-electron chi connectivity index (χ1n) is 7.35. The number of rotatable bonds is 5. The van der Waals surface area contributed by atoms with Crippen molar-refractivity contribution < 1.29 is 0 Å². The lowest BCUT2D eigenvalue weighted by Crippen LogP contribution is -2.37. The summed E-state index contributed by atoms with van der Waals surface area (Å²) >= 11 is 0. The molecule has 1 saturated heterocycles. The summed E-state index contributed by atoms with van der Waals surface area (Å²) in [5, 5.41) is 0. The van der Waals surface area contributed by atoms with Crippen LogP contribution in [0.3, 0.4) is 0 Å². The first-order valence-corrected chi connectivity index (χ1v) is 7.35. The second-order valence-corrected chi connectivity index (χ2v) is 5.23. The van der Waals surface area contributed by atoms with Gasteiger partial charge >= 0.3 is 0 Å². The van der Waals surface area contributed by atoms with Gasteiger partial charge in [0.2, 0.25) is 0 Å². The number of hydrogen-bond donors (Lipinski definition) is 1. The maximum atomic E-state index is 5.69. The number of aryl methyl sites for hydroxylation is 1. The fraction of sp³-hybridized carbons (Fsp3) is 0.667. The Bertz CT molecular complexity index is 415. The highest BCUT2D eigenvalue weighted by molar-refractivity contribution is 5.43. The smallest absolute Gasteiger partial charge is 0.128 e. The van der Waals surface area contributed by atoms with Crippen LogP contribution in [0.25, 0.3) is 0 Å². The van der Waals surface area contributed by atoms with E-state index in [1.54, 1.807) is 0 Å². The largest absolute Gasteiger partial charge is 0.355 e. The lowest BCUT2D eigenvalue weighted by Gasteiger charge is -2.26. The van der Waals surface area contributed by atoms with Crippen molar-refractivity contribution in [1.82, 2.24) is 9.88 Å². The summed E-state index contributed by atoms with van der Waals surface area (Å²) in [7, 11) is 0. The summed E-state index contributed by atoms with van der Waals surface area (Å²) in [5.41, 5.74) is 7.90. The van der Waals surface area contributed by atoms with E-state index < -0.39 is 0 Å². The van der Waals surface area contributed by atoms with E-state index in [-0.39, 0.29) is 0 Å². The Morgan fingerprint density at radius 3 is 2.68 bits per heavy atom. The van der Waals surface area contributed by atoms with Crippen molar-refractivity contribution in [3.8, 4) is 0 Å². The van der Waals surface area contributed by atoms with Crippen LogP contribution in [0.15, 0.2) is 12.1 Å². The first kappa shape index (κ1) is 14.3. The highest BCUT2D eigenvalue weighted by Gasteiger charge is 2.26. The quantitative estimate of drug-likeness (QED) is 0.878. The number of hydrogen-bond acceptors (Lipinski definition) is 4. The number of nitrogens with two attached hydrogens (primary N) is 1. The summed E-state index contributed by atoms with van der Waals surface area (Å²) in [6, 6.07) is 4.90. The van der Waals surface area contributed by atoms with E-state index in [2.05, 4.69) is 35.8 Å². The molecule has 1 atom stereocenters. The maximum Gasteiger partial charge on any atom is 0.128 e. The van der Waals surface area contributed by atoms with E-state index in [0.717, 1.165) is 43.3 Å². The molecule has 4 nitrogen and oxygen atoms in total. The third kappa shape index (κ3) is 3.07. The Morgan fingerprint density at radius 2 is 2.11 bits per heavy atom. The molecule has 106 valence electrons. The van der Waals surface area contributed by atoms with Crippen LogP contribution >= 0.6 is 0 Å². The van der Waals surface area contributed by atoms with Crippen molar-refractivity contribution in [2.45, 2.75) is 39.8 Å². The monoisotopic (exact) mass is 262 g/mol. The van der Waals surface area contributed by atoms with E-state index in [1.165, 1.54) is 6.42 Å². The van der Waals surface area contributed by atoms with Crippen LogP contribution in [0.2, 0.25) is 0 Å². The van der Waals surface area contributed by atoms with E-state index in [9.17, 15) is 0 Å². The van der Waals surface area contributed by atoms with Gasteiger partial charge in [-0.2, -0.15) is 0 Å². The SMILES string of the molecule is CCN(CC)C1CCN(c2ccc(CN)c(C)n2)C1. The van der Waals surface area contributed by atoms with Gasteiger partial charge in [0.05, 0.1) is 0 Å². The van der Waals surface area contributed by atoms with E-state index in [1.807, 2.05) is 6.92 Å². The van der Waals surface area contributed by atoms with Gasteiger partial charge in [0.25, 0.3) is 0 Å². The number of nitrogens with zero attached hydrogens (tertiary/aromatic N) is 3. The topological polar surface area (TPSA) is 45.4 Å². The Kier molecular flexibility index (Phi) is 4.77. The summed E-state index contributed by atoms with van der Waals surface area (Å²) in [6.07, 6.45) is 1.24. The highest BCUT2D eigenvalue weighted by Crippen LogP contribution is 2.22. The second kappa shape index (κ2) is 6.35. The lowest BCUT2D eigenvalue weighted by atomic mass is 10.2. The lowest BCUT2D eigenvalue weighted by molar-refractivity contribution is 0.232. The molecule has 2 rings (SSSR count). The molecular weight excluding hydrogens is 236 g/mol. The third-order valence-electron chi connectivity index (χ3n) is 4.22. The maximum absolute atomic E-state index is 5.69. The second-order valence-electron chi connectivity index (χ2n) is 5.23. The van der Waals surface area contributed by atoms with Crippen molar-refractivity contribution >= 4 is 5.82 Å². The van der Waals surface area contributed by atoms with Gasteiger partial charge in [-0.1, -0.05) is 19.9 Å². The Hall–Kier alpha value is -1.13. The average Bonchev–Trinajstić information content (AvgIpc) is 2.90. The predicted octanol–water partition coefficient (Wildman–Crippen LogP) is 1.77. The normalized spacial score (nSPS) is 19.4. The van der Waals surface area contributed by atoms with Gasteiger partial charge in [-0.25, -0.2) is 4.98 Å². The molecule has 0 aromatic carbocycles. The van der Waals surface area contributed by atoms with Crippen LogP contribution in [0.1, 0.15) is 31.5 Å². The molecule has 0 amide bonds. The number of pyridine rings is 1. The predicted molar refractivity (Wildman–Crippen MR) is 80.4 cm³/mol. The molecule has 1 fully saturated rings. The van der Waals surface area contributed by atoms with Gasteiger partial charge in [-0.05, 0) is 38.1 Å². The van der Waals surface area contributed by atoms with Gasteiger partial charge < -0.3 is 10.6 Å². The van der Waals surface area contributed by atoms with Crippen molar-refractivity contribution in [3.05, 3.63) is 23.4 Å². The molecular formula is C15H26N4. The number of aromatic nitrogens is 1. The van der Waals surface area contributed by atoms with Crippen LogP contribution < -0.4 is 10.6 Å². The molecule has 19 heavy (non-hydrogen) atoms. The van der Waals surface area contributed by atoms with Crippen LogP contribution in [0.5, 0.6) is 0 Å². The third-order valence-corrected chi connectivity index (χ3v) is 4.22. The molecule has 2 N–H and O–H groups in total. The molecule has 1 aliphatic heterocycles. The van der Waals surface area contributed by atoms with Crippen molar-refractivity contribution in [1.29, 1.82) is 0 Å². The van der Waals surface area contributed by atoms with Gasteiger partial charge in [-0.15, -0.1) is 0 Å². The molecule has 1 unspecified atom stereocenters. The van der Waals surface area contributed by atoms with E-state index in [4.69, 9.17) is 10.7 Å². The van der Waals surface area contributed by atoms with Crippen LogP contribution in [-0.4, -0.2) is 42.1 Å². The Balaban J connectivity index is 2.06. The average molecular weight is 262 g/mol. The first-order chi connectivity index (χ1) is 9.19. The molecule has 2 heterocycles. The zero-order valence-electron chi connectivity index (χ0n) is 12.4. The molecule has 1 aliphatic rings. The molecule has 0 spiro atoms. The highest BCUT2D eigenvalue weighted by atomic mass is 15.3. The van der Waals surface area contributed by atoms with Crippen molar-refractivity contribution in [2.75, 3.05) is 31.1 Å². The van der Waals surface area contributed by atoms with Crippen molar-refractivity contribution in [2.24, 2.45) is 5.73 Å². The van der Waals surface area contributed by atoms with Crippen LogP contribution in [0, 0.1) is 6.92 Å².